The third kappa shape index (κ3) is 4.52. The Labute approximate surface area is 164 Å². The van der Waals surface area contributed by atoms with Crippen molar-refractivity contribution in [3.63, 3.8) is 0 Å². The van der Waals surface area contributed by atoms with Crippen molar-refractivity contribution in [3.8, 4) is 11.3 Å². The first-order valence-electron chi connectivity index (χ1n) is 7.74. The van der Waals surface area contributed by atoms with Crippen LogP contribution < -0.4 is 10.6 Å². The molecule has 0 bridgehead atoms. The highest BCUT2D eigenvalue weighted by molar-refractivity contribution is 7.80. The summed E-state index contributed by atoms with van der Waals surface area (Å²) >= 11 is 11.4. The van der Waals surface area contributed by atoms with Crippen molar-refractivity contribution in [1.29, 1.82) is 0 Å². The summed E-state index contributed by atoms with van der Waals surface area (Å²) in [5.41, 5.74) is 1.59. The van der Waals surface area contributed by atoms with Crippen LogP contribution in [0.2, 0.25) is 5.02 Å². The van der Waals surface area contributed by atoms with Crippen LogP contribution in [-0.2, 0) is 0 Å². The average molecular weight is 401 g/mol. The van der Waals surface area contributed by atoms with Crippen LogP contribution in [0.5, 0.6) is 0 Å². The van der Waals surface area contributed by atoms with Gasteiger partial charge < -0.3 is 14.8 Å². The summed E-state index contributed by atoms with van der Waals surface area (Å²) in [4.78, 5) is 23.0. The minimum absolute atomic E-state index is 0.124. The van der Waals surface area contributed by atoms with Crippen molar-refractivity contribution in [3.05, 3.63) is 77.0 Å². The first kappa shape index (κ1) is 18.6. The van der Waals surface area contributed by atoms with E-state index in [2.05, 4.69) is 10.6 Å². The van der Waals surface area contributed by atoms with E-state index in [1.807, 2.05) is 6.07 Å². The molecular formula is C19H13ClN2O4S. The van der Waals surface area contributed by atoms with Crippen LogP contribution in [0.3, 0.4) is 0 Å². The first-order chi connectivity index (χ1) is 12.9. The van der Waals surface area contributed by atoms with Crippen molar-refractivity contribution in [2.45, 2.75) is 0 Å². The fraction of sp³-hybridized carbons (Fsp3) is 0. The molecule has 0 radical (unpaired) electrons. The molecule has 0 aliphatic rings. The lowest BCUT2D eigenvalue weighted by molar-refractivity contribution is 0.0663. The number of furan rings is 1. The lowest BCUT2D eigenvalue weighted by atomic mass is 10.1. The Morgan fingerprint density at radius 2 is 1.78 bits per heavy atom. The topological polar surface area (TPSA) is 91.6 Å². The maximum absolute atomic E-state index is 12.1. The quantitative estimate of drug-likeness (QED) is 0.561. The summed E-state index contributed by atoms with van der Waals surface area (Å²) in [5.74, 6) is -1.32. The number of hydrogen-bond donors (Lipinski definition) is 3. The van der Waals surface area contributed by atoms with Gasteiger partial charge in [0.15, 0.2) is 5.11 Å². The largest absolute Gasteiger partial charge is 0.475 e. The number of thiocarbonyl (C=S) groups is 1. The first-order valence-corrected chi connectivity index (χ1v) is 8.53. The normalized spacial score (nSPS) is 10.3. The standard InChI is InChI=1S/C19H13ClN2O4S/c20-14-10-12(6-7-13(14)15-8-9-16(26-15)18(24)25)21-19(27)22-17(23)11-4-2-1-3-5-11/h1-10H,(H,24,25)(H2,21,22,23,27). The number of carbonyl (C=O) groups is 2. The predicted molar refractivity (Wildman–Crippen MR) is 106 cm³/mol. The zero-order valence-electron chi connectivity index (χ0n) is 13.7. The molecular weight excluding hydrogens is 388 g/mol. The van der Waals surface area contributed by atoms with Crippen LogP contribution in [0, 0.1) is 0 Å². The summed E-state index contributed by atoms with van der Waals surface area (Å²) in [6.07, 6.45) is 0. The van der Waals surface area contributed by atoms with Crippen LogP contribution in [0.25, 0.3) is 11.3 Å². The van der Waals surface area contributed by atoms with Crippen LogP contribution in [0.1, 0.15) is 20.9 Å². The molecule has 0 saturated carbocycles. The highest BCUT2D eigenvalue weighted by atomic mass is 35.5. The summed E-state index contributed by atoms with van der Waals surface area (Å²) in [6, 6.07) is 16.5. The molecule has 6 nitrogen and oxygen atoms in total. The van der Waals surface area contributed by atoms with Gasteiger partial charge in [-0.15, -0.1) is 0 Å². The van der Waals surface area contributed by atoms with Gasteiger partial charge in [-0.2, -0.15) is 0 Å². The van der Waals surface area contributed by atoms with Gasteiger partial charge in [-0.05, 0) is 54.7 Å². The van der Waals surface area contributed by atoms with Gasteiger partial charge in [0, 0.05) is 16.8 Å². The molecule has 0 unspecified atom stereocenters. The summed E-state index contributed by atoms with van der Waals surface area (Å²) in [7, 11) is 0. The van der Waals surface area contributed by atoms with Gasteiger partial charge >= 0.3 is 5.97 Å². The van der Waals surface area contributed by atoms with E-state index in [0.29, 0.717) is 27.6 Å². The van der Waals surface area contributed by atoms with Gasteiger partial charge in [0.05, 0.1) is 5.02 Å². The zero-order valence-corrected chi connectivity index (χ0v) is 15.3. The molecule has 2 aromatic carbocycles. The van der Waals surface area contributed by atoms with Gasteiger partial charge in [-0.3, -0.25) is 10.1 Å². The van der Waals surface area contributed by atoms with Crippen molar-refractivity contribution in [2.75, 3.05) is 5.32 Å². The Hall–Kier alpha value is -3.16. The zero-order chi connectivity index (χ0) is 19.4. The predicted octanol–water partition coefficient (Wildman–Crippen LogP) is 4.43. The summed E-state index contributed by atoms with van der Waals surface area (Å²) < 4.78 is 5.25. The van der Waals surface area contributed by atoms with Crippen LogP contribution in [-0.4, -0.2) is 22.1 Å². The van der Waals surface area contributed by atoms with E-state index < -0.39 is 5.97 Å². The highest BCUT2D eigenvalue weighted by Gasteiger charge is 2.14. The lowest BCUT2D eigenvalue weighted by Gasteiger charge is -2.11. The second-order valence-electron chi connectivity index (χ2n) is 5.44. The molecule has 0 saturated heterocycles. The van der Waals surface area contributed by atoms with E-state index in [4.69, 9.17) is 33.3 Å². The number of halogens is 1. The van der Waals surface area contributed by atoms with E-state index in [0.717, 1.165) is 0 Å². The molecule has 0 atom stereocenters. The number of anilines is 1. The molecule has 0 aliphatic carbocycles. The van der Waals surface area contributed by atoms with Gasteiger partial charge in [-0.1, -0.05) is 29.8 Å². The number of benzene rings is 2. The summed E-state index contributed by atoms with van der Waals surface area (Å²) in [5, 5.41) is 14.8. The van der Waals surface area contributed by atoms with Crippen molar-refractivity contribution >= 4 is 46.5 Å². The Bertz CT molecular complexity index is 1020. The van der Waals surface area contributed by atoms with Crippen molar-refractivity contribution < 1.29 is 19.1 Å². The third-order valence-electron chi connectivity index (χ3n) is 3.57. The van der Waals surface area contributed by atoms with Gasteiger partial charge in [-0.25, -0.2) is 4.79 Å². The Morgan fingerprint density at radius 3 is 2.41 bits per heavy atom. The number of aromatic carboxylic acids is 1. The number of carbonyl (C=O) groups excluding carboxylic acids is 1. The number of hydrogen-bond acceptors (Lipinski definition) is 4. The molecule has 3 N–H and O–H groups in total. The number of carboxylic acid groups (broad SMARTS) is 1. The molecule has 3 rings (SSSR count). The second-order valence-corrected chi connectivity index (χ2v) is 6.25. The molecule has 27 heavy (non-hydrogen) atoms. The SMILES string of the molecule is O=C(NC(=S)Nc1ccc(-c2ccc(C(=O)O)o2)c(Cl)c1)c1ccccc1. The van der Waals surface area contributed by atoms with Crippen molar-refractivity contribution in [1.82, 2.24) is 5.32 Å². The van der Waals surface area contributed by atoms with E-state index in [9.17, 15) is 9.59 Å². The van der Waals surface area contributed by atoms with E-state index in [-0.39, 0.29) is 16.8 Å². The fourth-order valence-electron chi connectivity index (χ4n) is 2.32. The lowest BCUT2D eigenvalue weighted by Crippen LogP contribution is -2.34. The summed E-state index contributed by atoms with van der Waals surface area (Å²) in [6.45, 7) is 0. The smallest absolute Gasteiger partial charge is 0.371 e. The highest BCUT2D eigenvalue weighted by Crippen LogP contribution is 2.31. The maximum Gasteiger partial charge on any atom is 0.371 e. The second kappa shape index (κ2) is 8.03. The van der Waals surface area contributed by atoms with E-state index in [1.54, 1.807) is 42.5 Å². The average Bonchev–Trinajstić information content (AvgIpc) is 3.12. The molecule has 3 aromatic rings. The minimum Gasteiger partial charge on any atom is -0.475 e. The van der Waals surface area contributed by atoms with Gasteiger partial charge in [0.1, 0.15) is 5.76 Å². The molecule has 1 heterocycles. The Kier molecular flexibility index (Phi) is 5.54. The van der Waals surface area contributed by atoms with E-state index >= 15 is 0 Å². The van der Waals surface area contributed by atoms with Crippen LogP contribution in [0.15, 0.2) is 65.1 Å². The molecule has 0 spiro atoms. The maximum atomic E-state index is 12.1. The molecule has 8 heteroatoms. The molecule has 136 valence electrons. The van der Waals surface area contributed by atoms with Crippen LogP contribution >= 0.6 is 23.8 Å². The van der Waals surface area contributed by atoms with E-state index in [1.165, 1.54) is 12.1 Å². The molecule has 0 aliphatic heterocycles. The number of rotatable bonds is 4. The fourth-order valence-corrected chi connectivity index (χ4v) is 2.80. The number of nitrogens with one attached hydrogen (secondary N) is 2. The minimum atomic E-state index is -1.16. The molecule has 0 fully saturated rings. The Morgan fingerprint density at radius 1 is 1.04 bits per heavy atom. The third-order valence-corrected chi connectivity index (χ3v) is 4.09. The molecule has 1 amide bonds. The van der Waals surface area contributed by atoms with Crippen LogP contribution in [0.4, 0.5) is 5.69 Å². The number of amides is 1. The monoisotopic (exact) mass is 400 g/mol. The molecule has 1 aromatic heterocycles. The number of carboxylic acids is 1. The van der Waals surface area contributed by atoms with Gasteiger partial charge in [0.2, 0.25) is 5.76 Å². The Balaban J connectivity index is 1.69. The van der Waals surface area contributed by atoms with Gasteiger partial charge in [0.25, 0.3) is 5.91 Å². The van der Waals surface area contributed by atoms with Crippen molar-refractivity contribution in [2.24, 2.45) is 0 Å².